The summed E-state index contributed by atoms with van der Waals surface area (Å²) in [4.78, 5) is 8.74. The topological polar surface area (TPSA) is 61.2 Å². The van der Waals surface area contributed by atoms with Crippen molar-refractivity contribution in [2.75, 3.05) is 31.1 Å². The second-order valence-electron chi connectivity index (χ2n) is 7.60. The third-order valence-electron chi connectivity index (χ3n) is 5.31. The first-order valence-corrected chi connectivity index (χ1v) is 10.2. The van der Waals surface area contributed by atoms with Crippen LogP contribution in [-0.2, 0) is 0 Å². The minimum absolute atomic E-state index is 0.245. The average Bonchev–Trinajstić information content (AvgIpc) is 2.77. The first kappa shape index (κ1) is 20.7. The summed E-state index contributed by atoms with van der Waals surface area (Å²) in [5, 5.41) is 13.5. The van der Waals surface area contributed by atoms with Crippen LogP contribution in [-0.4, -0.2) is 47.1 Å². The normalized spacial score (nSPS) is 14.6. The third-order valence-corrected chi connectivity index (χ3v) is 5.31. The number of piperazine rings is 1. The molecule has 0 atom stereocenters. The lowest BCUT2D eigenvalue weighted by molar-refractivity contribution is 0.295. The minimum atomic E-state index is -0.245. The summed E-state index contributed by atoms with van der Waals surface area (Å²) in [5.74, 6) is 1.26. The molecule has 0 spiro atoms. The number of amidine groups is 1. The maximum atomic E-state index is 13.2. The summed E-state index contributed by atoms with van der Waals surface area (Å²) in [7, 11) is 0. The van der Waals surface area contributed by atoms with E-state index in [0.717, 1.165) is 30.0 Å². The number of oxime groups is 1. The highest BCUT2D eigenvalue weighted by Crippen LogP contribution is 2.27. The molecule has 2 aromatic carbocycles. The molecule has 0 bridgehead atoms. The first-order valence-electron chi connectivity index (χ1n) is 10.2. The first-order chi connectivity index (χ1) is 15.0. The van der Waals surface area contributed by atoms with Crippen LogP contribution in [0.1, 0.15) is 16.8 Å². The standard InChI is InChI=1S/C24H25FN4O2/c1-17-4-3-5-21(16-17)31-24-22(11-6-18(2)26-24)23(27-30)29-14-12-28(13-15-29)20-9-7-19(25)8-10-20/h3-11,16,30H,12-15H2,1-2H3/b27-23-. The van der Waals surface area contributed by atoms with Gasteiger partial charge >= 0.3 is 0 Å². The quantitative estimate of drug-likeness (QED) is 0.290. The van der Waals surface area contributed by atoms with E-state index in [2.05, 4.69) is 15.0 Å². The Balaban J connectivity index is 1.54. The number of rotatable bonds is 4. The lowest BCUT2D eigenvalue weighted by Crippen LogP contribution is -2.49. The minimum Gasteiger partial charge on any atom is -0.438 e. The molecule has 7 heteroatoms. The molecule has 1 N–H and O–H groups in total. The van der Waals surface area contributed by atoms with Crippen molar-refractivity contribution in [2.45, 2.75) is 13.8 Å². The van der Waals surface area contributed by atoms with E-state index in [1.54, 1.807) is 12.1 Å². The van der Waals surface area contributed by atoms with Gasteiger partial charge in [-0.15, -0.1) is 0 Å². The molecule has 1 aliphatic heterocycles. The number of ether oxygens (including phenoxy) is 1. The molecule has 4 rings (SSSR count). The Hall–Kier alpha value is -3.61. The molecule has 0 amide bonds. The summed E-state index contributed by atoms with van der Waals surface area (Å²) in [6, 6.07) is 18.0. The molecular formula is C24H25FN4O2. The van der Waals surface area contributed by atoms with Crippen molar-refractivity contribution in [3.63, 3.8) is 0 Å². The largest absolute Gasteiger partial charge is 0.438 e. The van der Waals surface area contributed by atoms with E-state index in [1.807, 2.05) is 55.1 Å². The number of anilines is 1. The average molecular weight is 420 g/mol. The van der Waals surface area contributed by atoms with E-state index < -0.39 is 0 Å². The van der Waals surface area contributed by atoms with Gasteiger partial charge in [-0.3, -0.25) is 0 Å². The summed E-state index contributed by atoms with van der Waals surface area (Å²) >= 11 is 0. The van der Waals surface area contributed by atoms with Crippen molar-refractivity contribution in [3.05, 3.63) is 83.3 Å². The van der Waals surface area contributed by atoms with E-state index in [1.165, 1.54) is 12.1 Å². The van der Waals surface area contributed by atoms with Crippen molar-refractivity contribution in [1.82, 2.24) is 9.88 Å². The van der Waals surface area contributed by atoms with Crippen molar-refractivity contribution in [1.29, 1.82) is 0 Å². The molecule has 1 aliphatic rings. The zero-order chi connectivity index (χ0) is 21.8. The van der Waals surface area contributed by atoms with Crippen molar-refractivity contribution in [2.24, 2.45) is 5.16 Å². The van der Waals surface area contributed by atoms with Gasteiger partial charge in [0.15, 0.2) is 5.84 Å². The summed E-state index contributed by atoms with van der Waals surface area (Å²) in [6.45, 7) is 6.63. The van der Waals surface area contributed by atoms with Gasteiger partial charge < -0.3 is 19.7 Å². The number of benzene rings is 2. The Bertz CT molecular complexity index is 1080. The van der Waals surface area contributed by atoms with Gasteiger partial charge in [-0.25, -0.2) is 9.37 Å². The van der Waals surface area contributed by atoms with Crippen LogP contribution in [0.25, 0.3) is 0 Å². The summed E-state index contributed by atoms with van der Waals surface area (Å²) < 4.78 is 19.3. The summed E-state index contributed by atoms with van der Waals surface area (Å²) in [6.07, 6.45) is 0. The van der Waals surface area contributed by atoms with Gasteiger partial charge in [0.25, 0.3) is 0 Å². The Kier molecular flexibility index (Phi) is 6.02. The van der Waals surface area contributed by atoms with Crippen LogP contribution in [0.4, 0.5) is 10.1 Å². The Morgan fingerprint density at radius 2 is 1.74 bits per heavy atom. The monoisotopic (exact) mass is 420 g/mol. The van der Waals surface area contributed by atoms with Crippen LogP contribution in [0.15, 0.2) is 65.8 Å². The number of aryl methyl sites for hydroxylation is 2. The molecule has 1 saturated heterocycles. The molecule has 160 valence electrons. The van der Waals surface area contributed by atoms with Gasteiger partial charge in [0.2, 0.25) is 5.88 Å². The fourth-order valence-electron chi connectivity index (χ4n) is 3.69. The zero-order valence-corrected chi connectivity index (χ0v) is 17.6. The maximum absolute atomic E-state index is 13.2. The Morgan fingerprint density at radius 3 is 2.42 bits per heavy atom. The number of pyridine rings is 1. The van der Waals surface area contributed by atoms with Gasteiger partial charge in [0.05, 0.1) is 5.56 Å². The fraction of sp³-hybridized carbons (Fsp3) is 0.250. The lowest BCUT2D eigenvalue weighted by atomic mass is 10.1. The van der Waals surface area contributed by atoms with E-state index >= 15 is 0 Å². The summed E-state index contributed by atoms with van der Waals surface area (Å²) in [5.41, 5.74) is 3.50. The molecule has 3 aromatic rings. The SMILES string of the molecule is Cc1cccc(Oc2nc(C)ccc2/C(=N/O)N2CCN(c3ccc(F)cc3)CC2)c1. The van der Waals surface area contributed by atoms with Crippen LogP contribution in [0.3, 0.4) is 0 Å². The van der Waals surface area contributed by atoms with Crippen LogP contribution >= 0.6 is 0 Å². The highest BCUT2D eigenvalue weighted by Gasteiger charge is 2.25. The van der Waals surface area contributed by atoms with Gasteiger partial charge in [0, 0.05) is 37.6 Å². The second-order valence-corrected chi connectivity index (χ2v) is 7.60. The highest BCUT2D eigenvalue weighted by atomic mass is 19.1. The predicted octanol–water partition coefficient (Wildman–Crippen LogP) is 4.59. The van der Waals surface area contributed by atoms with Crippen LogP contribution < -0.4 is 9.64 Å². The van der Waals surface area contributed by atoms with Crippen LogP contribution in [0, 0.1) is 19.7 Å². The van der Waals surface area contributed by atoms with Gasteiger partial charge in [-0.1, -0.05) is 17.3 Å². The smallest absolute Gasteiger partial charge is 0.230 e. The molecule has 2 heterocycles. The molecule has 0 saturated carbocycles. The van der Waals surface area contributed by atoms with E-state index in [4.69, 9.17) is 4.74 Å². The van der Waals surface area contributed by atoms with Gasteiger partial charge in [0.1, 0.15) is 11.6 Å². The van der Waals surface area contributed by atoms with E-state index in [9.17, 15) is 9.60 Å². The molecule has 1 fully saturated rings. The van der Waals surface area contributed by atoms with Crippen LogP contribution in [0.5, 0.6) is 11.6 Å². The van der Waals surface area contributed by atoms with E-state index in [0.29, 0.717) is 36.1 Å². The van der Waals surface area contributed by atoms with Crippen molar-refractivity contribution >= 4 is 11.5 Å². The molecule has 0 radical (unpaired) electrons. The number of hydrogen-bond acceptors (Lipinski definition) is 5. The number of aromatic nitrogens is 1. The molecule has 31 heavy (non-hydrogen) atoms. The van der Waals surface area contributed by atoms with E-state index in [-0.39, 0.29) is 5.82 Å². The molecule has 6 nitrogen and oxygen atoms in total. The number of halogens is 1. The van der Waals surface area contributed by atoms with Crippen molar-refractivity contribution in [3.8, 4) is 11.6 Å². The molecular weight excluding hydrogens is 395 g/mol. The Morgan fingerprint density at radius 1 is 1.00 bits per heavy atom. The van der Waals surface area contributed by atoms with Crippen LogP contribution in [0.2, 0.25) is 0 Å². The fourth-order valence-corrected chi connectivity index (χ4v) is 3.69. The van der Waals surface area contributed by atoms with Gasteiger partial charge in [-0.2, -0.15) is 0 Å². The lowest BCUT2D eigenvalue weighted by Gasteiger charge is -2.37. The number of hydrogen-bond donors (Lipinski definition) is 1. The maximum Gasteiger partial charge on any atom is 0.230 e. The van der Waals surface area contributed by atoms with Crippen molar-refractivity contribution < 1.29 is 14.3 Å². The molecule has 0 aliphatic carbocycles. The molecule has 0 unspecified atom stereocenters. The second kappa shape index (κ2) is 9.04. The van der Waals surface area contributed by atoms with Gasteiger partial charge in [-0.05, 0) is 67.9 Å². The highest BCUT2D eigenvalue weighted by molar-refractivity contribution is 6.00. The predicted molar refractivity (Wildman–Crippen MR) is 119 cm³/mol. The number of nitrogens with zero attached hydrogens (tertiary/aromatic N) is 4. The third kappa shape index (κ3) is 4.77. The zero-order valence-electron chi connectivity index (χ0n) is 17.6. The Labute approximate surface area is 181 Å². The molecule has 1 aromatic heterocycles.